The van der Waals surface area contributed by atoms with Gasteiger partial charge in [0.15, 0.2) is 5.16 Å². The van der Waals surface area contributed by atoms with E-state index in [2.05, 4.69) is 20.7 Å². The van der Waals surface area contributed by atoms with Crippen molar-refractivity contribution in [3.05, 3.63) is 83.7 Å². The van der Waals surface area contributed by atoms with Gasteiger partial charge in [0.2, 0.25) is 11.8 Å². The molecular formula is C23H14ClN5OS. The predicted molar refractivity (Wildman–Crippen MR) is 122 cm³/mol. The Morgan fingerprint density at radius 2 is 1.61 bits per heavy atom. The molecular weight excluding hydrogens is 430 g/mol. The van der Waals surface area contributed by atoms with Crippen molar-refractivity contribution in [3.63, 3.8) is 0 Å². The first kappa shape index (κ1) is 18.4. The van der Waals surface area contributed by atoms with Crippen molar-refractivity contribution < 1.29 is 4.42 Å². The van der Waals surface area contributed by atoms with E-state index in [0.717, 1.165) is 38.3 Å². The van der Waals surface area contributed by atoms with Crippen molar-refractivity contribution in [2.75, 3.05) is 0 Å². The second-order valence-corrected chi connectivity index (χ2v) is 8.29. The summed E-state index contributed by atoms with van der Waals surface area (Å²) in [5, 5.41) is 10.8. The van der Waals surface area contributed by atoms with Gasteiger partial charge < -0.3 is 4.42 Å². The van der Waals surface area contributed by atoms with Gasteiger partial charge in [-0.3, -0.25) is 4.40 Å². The molecule has 3 heterocycles. The minimum absolute atomic E-state index is 0.408. The number of fused-ring (bicyclic) bond motifs is 5. The third kappa shape index (κ3) is 3.13. The number of hydrogen-bond acceptors (Lipinski definition) is 6. The molecule has 0 bridgehead atoms. The lowest BCUT2D eigenvalue weighted by atomic mass is 10.2. The summed E-state index contributed by atoms with van der Waals surface area (Å²) in [6.07, 6.45) is 0. The van der Waals surface area contributed by atoms with E-state index in [1.807, 2.05) is 60.7 Å². The third-order valence-electron chi connectivity index (χ3n) is 5.01. The molecule has 150 valence electrons. The maximum atomic E-state index is 6.25. The fourth-order valence-corrected chi connectivity index (χ4v) is 4.65. The molecule has 3 aromatic heterocycles. The van der Waals surface area contributed by atoms with Gasteiger partial charge >= 0.3 is 0 Å². The molecule has 8 heteroatoms. The summed E-state index contributed by atoms with van der Waals surface area (Å²) in [7, 11) is 0. The maximum absolute atomic E-state index is 6.25. The molecule has 0 aliphatic heterocycles. The summed E-state index contributed by atoms with van der Waals surface area (Å²) < 4.78 is 7.95. The van der Waals surface area contributed by atoms with Crippen LogP contribution in [0.25, 0.3) is 39.0 Å². The van der Waals surface area contributed by atoms with E-state index in [1.165, 1.54) is 11.8 Å². The molecule has 31 heavy (non-hydrogen) atoms. The number of hydrogen-bond donors (Lipinski definition) is 0. The molecule has 0 unspecified atom stereocenters. The van der Waals surface area contributed by atoms with Gasteiger partial charge in [-0.2, -0.15) is 0 Å². The number of para-hydroxylation sites is 3. The van der Waals surface area contributed by atoms with Gasteiger partial charge in [0.25, 0.3) is 0 Å². The normalized spacial score (nSPS) is 11.6. The molecule has 0 radical (unpaired) electrons. The number of rotatable bonds is 4. The summed E-state index contributed by atoms with van der Waals surface area (Å²) >= 11 is 7.78. The summed E-state index contributed by atoms with van der Waals surface area (Å²) in [6.45, 7) is 0. The van der Waals surface area contributed by atoms with Crippen molar-refractivity contribution in [2.45, 2.75) is 10.9 Å². The van der Waals surface area contributed by atoms with Crippen LogP contribution in [0.5, 0.6) is 0 Å². The Balaban J connectivity index is 1.41. The quantitative estimate of drug-likeness (QED) is 0.244. The highest BCUT2D eigenvalue weighted by atomic mass is 35.5. The van der Waals surface area contributed by atoms with Gasteiger partial charge in [-0.25, -0.2) is 9.97 Å². The number of imidazole rings is 1. The van der Waals surface area contributed by atoms with E-state index >= 15 is 0 Å². The molecule has 6 rings (SSSR count). The van der Waals surface area contributed by atoms with Crippen LogP contribution in [0.4, 0.5) is 0 Å². The lowest BCUT2D eigenvalue weighted by Crippen LogP contribution is -1.97. The molecule has 0 atom stereocenters. The molecule has 0 amide bonds. The molecule has 6 aromatic rings. The Labute approximate surface area is 185 Å². The lowest BCUT2D eigenvalue weighted by molar-refractivity contribution is 0.528. The zero-order valence-electron chi connectivity index (χ0n) is 16.1. The minimum Gasteiger partial charge on any atom is -0.420 e. The van der Waals surface area contributed by atoms with E-state index < -0.39 is 0 Å². The summed E-state index contributed by atoms with van der Waals surface area (Å²) in [6, 6.07) is 23.5. The monoisotopic (exact) mass is 443 g/mol. The number of aromatic nitrogens is 5. The first-order valence-electron chi connectivity index (χ1n) is 9.64. The van der Waals surface area contributed by atoms with Crippen molar-refractivity contribution in [1.82, 2.24) is 24.6 Å². The van der Waals surface area contributed by atoms with E-state index in [1.54, 1.807) is 6.07 Å². The van der Waals surface area contributed by atoms with Crippen LogP contribution in [0.15, 0.2) is 82.4 Å². The topological polar surface area (TPSA) is 69.1 Å². The number of nitrogens with zero attached hydrogens (tertiary/aromatic N) is 5. The first-order valence-corrected chi connectivity index (χ1v) is 11.0. The highest BCUT2D eigenvalue weighted by Crippen LogP contribution is 2.31. The standard InChI is InChI=1S/C23H14ClN5OS/c24-16-9-3-1-7-14(16)22-28-27-20(30-22)13-31-23-26-17-10-4-2-8-15(17)21-25-18-11-5-6-12-19(18)29(21)23/h1-12H,13H2. The van der Waals surface area contributed by atoms with E-state index in [9.17, 15) is 0 Å². The fraction of sp³-hybridized carbons (Fsp3) is 0.0435. The van der Waals surface area contributed by atoms with E-state index in [4.69, 9.17) is 26.0 Å². The maximum Gasteiger partial charge on any atom is 0.249 e. The van der Waals surface area contributed by atoms with Gasteiger partial charge in [0.05, 0.1) is 32.9 Å². The molecule has 6 nitrogen and oxygen atoms in total. The molecule has 0 aliphatic rings. The highest BCUT2D eigenvalue weighted by Gasteiger charge is 2.16. The number of thioether (sulfide) groups is 1. The van der Waals surface area contributed by atoms with Gasteiger partial charge in [-0.1, -0.05) is 59.8 Å². The average molecular weight is 444 g/mol. The molecule has 0 N–H and O–H groups in total. The van der Waals surface area contributed by atoms with Crippen LogP contribution in [-0.2, 0) is 5.75 Å². The Morgan fingerprint density at radius 1 is 0.839 bits per heavy atom. The van der Waals surface area contributed by atoms with Crippen LogP contribution < -0.4 is 0 Å². The second kappa shape index (κ2) is 7.37. The highest BCUT2D eigenvalue weighted by molar-refractivity contribution is 7.98. The third-order valence-corrected chi connectivity index (χ3v) is 6.26. The molecule has 0 fully saturated rings. The average Bonchev–Trinajstić information content (AvgIpc) is 3.43. The Hall–Kier alpha value is -3.42. The molecule has 3 aromatic carbocycles. The molecule has 0 aliphatic carbocycles. The van der Waals surface area contributed by atoms with Crippen molar-refractivity contribution in [2.24, 2.45) is 0 Å². The first-order chi connectivity index (χ1) is 15.3. The predicted octanol–water partition coefficient (Wildman–Crippen LogP) is 6.03. The SMILES string of the molecule is Clc1ccccc1-c1nnc(CSc2nc3ccccc3c3nc4ccccc4n23)o1. The second-order valence-electron chi connectivity index (χ2n) is 6.94. The zero-order valence-corrected chi connectivity index (χ0v) is 17.6. The fourth-order valence-electron chi connectivity index (χ4n) is 3.59. The van der Waals surface area contributed by atoms with Crippen molar-refractivity contribution in [3.8, 4) is 11.5 Å². The van der Waals surface area contributed by atoms with Crippen LogP contribution in [0, 0.1) is 0 Å². The Bertz CT molecular complexity index is 1580. The van der Waals surface area contributed by atoms with Gasteiger partial charge in [-0.15, -0.1) is 10.2 Å². The molecule has 0 spiro atoms. The van der Waals surface area contributed by atoms with Crippen LogP contribution in [0.2, 0.25) is 5.02 Å². The van der Waals surface area contributed by atoms with Crippen LogP contribution in [0.1, 0.15) is 5.89 Å². The van der Waals surface area contributed by atoms with Crippen LogP contribution in [-0.4, -0.2) is 24.6 Å². The van der Waals surface area contributed by atoms with Gasteiger partial charge in [0.1, 0.15) is 5.65 Å². The van der Waals surface area contributed by atoms with Crippen molar-refractivity contribution in [1.29, 1.82) is 0 Å². The molecule has 0 saturated carbocycles. The summed E-state index contributed by atoms with van der Waals surface area (Å²) in [5.41, 5.74) is 4.45. The lowest BCUT2D eigenvalue weighted by Gasteiger charge is -2.07. The zero-order chi connectivity index (χ0) is 20.8. The summed E-state index contributed by atoms with van der Waals surface area (Å²) in [5.74, 6) is 1.39. The summed E-state index contributed by atoms with van der Waals surface area (Å²) in [4.78, 5) is 9.75. The minimum atomic E-state index is 0.408. The number of halogens is 1. The van der Waals surface area contributed by atoms with Crippen LogP contribution in [0.3, 0.4) is 0 Å². The molecule has 0 saturated heterocycles. The van der Waals surface area contributed by atoms with E-state index in [0.29, 0.717) is 22.6 Å². The Kier molecular flexibility index (Phi) is 4.36. The number of benzene rings is 3. The largest absolute Gasteiger partial charge is 0.420 e. The smallest absolute Gasteiger partial charge is 0.249 e. The van der Waals surface area contributed by atoms with Gasteiger partial charge in [0, 0.05) is 5.39 Å². The van der Waals surface area contributed by atoms with Gasteiger partial charge in [-0.05, 0) is 36.4 Å². The Morgan fingerprint density at radius 3 is 2.52 bits per heavy atom. The van der Waals surface area contributed by atoms with Crippen molar-refractivity contribution >= 4 is 50.9 Å². The van der Waals surface area contributed by atoms with Crippen LogP contribution >= 0.6 is 23.4 Å². The van der Waals surface area contributed by atoms with E-state index in [-0.39, 0.29) is 0 Å².